The summed E-state index contributed by atoms with van der Waals surface area (Å²) in [6.45, 7) is 2.08. The van der Waals surface area contributed by atoms with Crippen molar-refractivity contribution in [3.8, 4) is 6.07 Å². The smallest absolute Gasteiger partial charge is 0.188 e. The first-order chi connectivity index (χ1) is 10.3. The van der Waals surface area contributed by atoms with E-state index in [4.69, 9.17) is 10.2 Å². The van der Waals surface area contributed by atoms with Crippen LogP contribution in [0.4, 0.5) is 0 Å². The van der Waals surface area contributed by atoms with Crippen molar-refractivity contribution in [1.82, 2.24) is 9.97 Å². The van der Waals surface area contributed by atoms with E-state index in [1.807, 2.05) is 24.3 Å². The summed E-state index contributed by atoms with van der Waals surface area (Å²) in [6, 6.07) is 9.95. The minimum Gasteiger partial charge on any atom is -0.228 e. The van der Waals surface area contributed by atoms with E-state index in [1.54, 1.807) is 11.8 Å². The van der Waals surface area contributed by atoms with E-state index in [-0.39, 0.29) is 0 Å². The van der Waals surface area contributed by atoms with Crippen LogP contribution in [0.5, 0.6) is 0 Å². The molecule has 0 aliphatic heterocycles. The van der Waals surface area contributed by atoms with Gasteiger partial charge in [-0.2, -0.15) is 5.26 Å². The molecule has 0 N–H and O–H groups in total. The number of thioether (sulfide) groups is 1. The normalized spacial score (nSPS) is 13.5. The molecule has 0 unspecified atom stereocenters. The van der Waals surface area contributed by atoms with Crippen molar-refractivity contribution in [3.63, 3.8) is 0 Å². The second-order valence-corrected chi connectivity index (χ2v) is 6.22. The average molecular weight is 295 g/mol. The van der Waals surface area contributed by atoms with E-state index in [1.165, 1.54) is 24.1 Å². The molecule has 1 aliphatic rings. The topological polar surface area (TPSA) is 49.6 Å². The van der Waals surface area contributed by atoms with Gasteiger partial charge in [0.25, 0.3) is 0 Å². The lowest BCUT2D eigenvalue weighted by Crippen LogP contribution is -2.10. The van der Waals surface area contributed by atoms with Crippen LogP contribution in [0, 0.1) is 18.3 Å². The summed E-state index contributed by atoms with van der Waals surface area (Å²) >= 11 is 1.62. The zero-order valence-corrected chi connectivity index (χ0v) is 12.9. The molecule has 0 spiro atoms. The summed E-state index contributed by atoms with van der Waals surface area (Å²) in [5, 5.41) is 9.96. The number of fused-ring (bicyclic) bond motifs is 1. The molecule has 1 aromatic heterocycles. The molecule has 0 radical (unpaired) electrons. The molecule has 0 fully saturated rings. The lowest BCUT2D eigenvalue weighted by atomic mass is 9.95. The molecular formula is C17H17N3S. The zero-order valence-electron chi connectivity index (χ0n) is 12.1. The molecule has 21 heavy (non-hydrogen) atoms. The Kier molecular flexibility index (Phi) is 4.21. The molecule has 3 nitrogen and oxygen atoms in total. The van der Waals surface area contributed by atoms with Crippen molar-refractivity contribution in [2.75, 3.05) is 0 Å². The van der Waals surface area contributed by atoms with Crippen molar-refractivity contribution < 1.29 is 0 Å². The Labute approximate surface area is 129 Å². The van der Waals surface area contributed by atoms with E-state index in [9.17, 15) is 0 Å². The number of benzene rings is 1. The van der Waals surface area contributed by atoms with Gasteiger partial charge in [0.15, 0.2) is 5.16 Å². The predicted molar refractivity (Wildman–Crippen MR) is 84.1 cm³/mol. The highest BCUT2D eigenvalue weighted by molar-refractivity contribution is 7.98. The van der Waals surface area contributed by atoms with E-state index < -0.39 is 0 Å². The summed E-state index contributed by atoms with van der Waals surface area (Å²) in [7, 11) is 0. The van der Waals surface area contributed by atoms with Gasteiger partial charge in [-0.15, -0.1) is 0 Å². The van der Waals surface area contributed by atoms with Crippen molar-refractivity contribution in [1.29, 1.82) is 5.26 Å². The molecule has 1 aliphatic carbocycles. The highest BCUT2D eigenvalue weighted by Crippen LogP contribution is 2.27. The minimum absolute atomic E-state index is 0.736. The largest absolute Gasteiger partial charge is 0.228 e. The number of hydrogen-bond acceptors (Lipinski definition) is 4. The number of rotatable bonds is 3. The Morgan fingerprint density at radius 3 is 2.86 bits per heavy atom. The third-order valence-electron chi connectivity index (χ3n) is 3.86. The highest BCUT2D eigenvalue weighted by atomic mass is 32.2. The Bertz CT molecular complexity index is 704. The van der Waals surface area contributed by atoms with Crippen molar-refractivity contribution in [2.45, 2.75) is 43.5 Å². The number of aromatic nitrogens is 2. The van der Waals surface area contributed by atoms with Crippen LogP contribution < -0.4 is 0 Å². The van der Waals surface area contributed by atoms with Crippen molar-refractivity contribution >= 4 is 11.8 Å². The monoisotopic (exact) mass is 295 g/mol. The van der Waals surface area contributed by atoms with Crippen LogP contribution in [0.25, 0.3) is 0 Å². The average Bonchev–Trinajstić information content (AvgIpc) is 2.53. The maximum absolute atomic E-state index is 9.13. The Balaban J connectivity index is 1.80. The van der Waals surface area contributed by atoms with E-state index >= 15 is 0 Å². The fourth-order valence-electron chi connectivity index (χ4n) is 2.72. The van der Waals surface area contributed by atoms with E-state index in [0.717, 1.165) is 40.6 Å². The van der Waals surface area contributed by atoms with Gasteiger partial charge >= 0.3 is 0 Å². The van der Waals surface area contributed by atoms with Gasteiger partial charge in [-0.1, -0.05) is 30.0 Å². The number of nitrogens with zero attached hydrogens (tertiary/aromatic N) is 3. The molecule has 106 valence electrons. The summed E-state index contributed by atoms with van der Waals surface area (Å²) < 4.78 is 0. The van der Waals surface area contributed by atoms with Crippen LogP contribution in [0.2, 0.25) is 0 Å². The predicted octanol–water partition coefficient (Wildman–Crippen LogP) is 3.83. The summed E-state index contributed by atoms with van der Waals surface area (Å²) in [5.41, 5.74) is 5.48. The second kappa shape index (κ2) is 6.28. The lowest BCUT2D eigenvalue weighted by Gasteiger charge is -2.17. The van der Waals surface area contributed by atoms with Gasteiger partial charge in [0.2, 0.25) is 0 Å². The quantitative estimate of drug-likeness (QED) is 0.638. The molecular weight excluding hydrogens is 278 g/mol. The van der Waals surface area contributed by atoms with E-state index in [0.29, 0.717) is 0 Å². The van der Waals surface area contributed by atoms with Gasteiger partial charge in [0.1, 0.15) is 0 Å². The van der Waals surface area contributed by atoms with Gasteiger partial charge in [-0.05, 0) is 49.8 Å². The van der Waals surface area contributed by atoms with E-state index in [2.05, 4.69) is 18.0 Å². The minimum atomic E-state index is 0.736. The van der Waals surface area contributed by atoms with Crippen LogP contribution in [0.3, 0.4) is 0 Å². The first-order valence-corrected chi connectivity index (χ1v) is 8.23. The number of nitriles is 1. The summed E-state index contributed by atoms with van der Waals surface area (Å²) in [4.78, 5) is 9.34. The standard InChI is InChI=1S/C17H17N3S/c1-12-15-8-4-5-9-16(15)20-17(19-12)21-11-14-7-3-2-6-13(14)10-18/h2-3,6-7H,4-5,8-9,11H2,1H3. The van der Waals surface area contributed by atoms with Crippen LogP contribution in [0.15, 0.2) is 29.4 Å². The fourth-order valence-corrected chi connectivity index (χ4v) is 3.63. The van der Waals surface area contributed by atoms with Gasteiger partial charge in [-0.3, -0.25) is 0 Å². The maximum Gasteiger partial charge on any atom is 0.188 e. The molecule has 1 aromatic carbocycles. The zero-order chi connectivity index (χ0) is 14.7. The number of hydrogen-bond donors (Lipinski definition) is 0. The van der Waals surface area contributed by atoms with Gasteiger partial charge in [0.05, 0.1) is 11.6 Å². The second-order valence-electron chi connectivity index (χ2n) is 5.28. The van der Waals surface area contributed by atoms with Crippen LogP contribution >= 0.6 is 11.8 Å². The Morgan fingerprint density at radius 2 is 2.00 bits per heavy atom. The molecule has 3 rings (SSSR count). The fraction of sp³-hybridized carbons (Fsp3) is 0.353. The first kappa shape index (κ1) is 14.1. The SMILES string of the molecule is Cc1nc(SCc2ccccc2C#N)nc2c1CCCC2. The first-order valence-electron chi connectivity index (χ1n) is 7.25. The lowest BCUT2D eigenvalue weighted by molar-refractivity contribution is 0.642. The molecule has 0 bridgehead atoms. The third kappa shape index (κ3) is 3.08. The maximum atomic E-state index is 9.13. The van der Waals surface area contributed by atoms with Crippen molar-refractivity contribution in [3.05, 3.63) is 52.3 Å². The Hall–Kier alpha value is -1.86. The molecule has 0 amide bonds. The summed E-state index contributed by atoms with van der Waals surface area (Å²) in [6.07, 6.45) is 4.66. The van der Waals surface area contributed by atoms with Crippen LogP contribution in [0.1, 0.15) is 40.9 Å². The molecule has 0 saturated heterocycles. The third-order valence-corrected chi connectivity index (χ3v) is 4.76. The molecule has 0 atom stereocenters. The van der Waals surface area contributed by atoms with Gasteiger partial charge in [-0.25, -0.2) is 9.97 Å². The molecule has 2 aromatic rings. The Morgan fingerprint density at radius 1 is 1.19 bits per heavy atom. The highest BCUT2D eigenvalue weighted by Gasteiger charge is 2.15. The molecule has 4 heteroatoms. The number of aryl methyl sites for hydroxylation is 2. The van der Waals surface area contributed by atoms with Crippen LogP contribution in [-0.2, 0) is 18.6 Å². The van der Waals surface area contributed by atoms with Gasteiger partial charge < -0.3 is 0 Å². The summed E-state index contributed by atoms with van der Waals surface area (Å²) in [5.74, 6) is 0.738. The molecule has 1 heterocycles. The molecule has 0 saturated carbocycles. The van der Waals surface area contributed by atoms with Gasteiger partial charge in [0, 0.05) is 17.1 Å². The van der Waals surface area contributed by atoms with Crippen molar-refractivity contribution in [2.24, 2.45) is 0 Å². The van der Waals surface area contributed by atoms with Crippen LogP contribution in [-0.4, -0.2) is 9.97 Å².